The lowest BCUT2D eigenvalue weighted by Crippen LogP contribution is -2.36. The number of benzene rings is 1. The van der Waals surface area contributed by atoms with Crippen LogP contribution >= 0.6 is 0 Å². The van der Waals surface area contributed by atoms with E-state index in [1.807, 2.05) is 37.4 Å². The predicted molar refractivity (Wildman–Crippen MR) is 98.2 cm³/mol. The Hall–Kier alpha value is -2.63. The Morgan fingerprint density at radius 2 is 1.81 bits per heavy atom. The SMILES string of the molecule is Cc1cc(NC(=O)C2CCC(C(=O)N(C)Cc3ccccc3)CC2)no1. The van der Waals surface area contributed by atoms with Gasteiger partial charge < -0.3 is 14.7 Å². The molecule has 3 rings (SSSR count). The topological polar surface area (TPSA) is 75.4 Å². The zero-order valence-corrected chi connectivity index (χ0v) is 15.3. The normalized spacial score (nSPS) is 19.8. The van der Waals surface area contributed by atoms with Crippen LogP contribution in [0.15, 0.2) is 40.9 Å². The molecular formula is C20H25N3O3. The minimum atomic E-state index is -0.0736. The standard InChI is InChI=1S/C20H25N3O3/c1-14-12-18(22-26-14)21-19(24)16-8-10-17(11-9-16)20(25)23(2)13-15-6-4-3-5-7-15/h3-7,12,16-17H,8-11,13H2,1-2H3,(H,21,22,24). The summed E-state index contributed by atoms with van der Waals surface area (Å²) in [6.07, 6.45) is 2.93. The Morgan fingerprint density at radius 1 is 1.15 bits per heavy atom. The van der Waals surface area contributed by atoms with Crippen LogP contribution in [-0.4, -0.2) is 28.9 Å². The van der Waals surface area contributed by atoms with Gasteiger partial charge in [-0.05, 0) is 38.2 Å². The number of hydrogen-bond acceptors (Lipinski definition) is 4. The molecule has 0 atom stereocenters. The molecule has 0 aliphatic heterocycles. The van der Waals surface area contributed by atoms with E-state index in [1.54, 1.807) is 17.9 Å². The lowest BCUT2D eigenvalue weighted by Gasteiger charge is -2.30. The van der Waals surface area contributed by atoms with E-state index in [0.29, 0.717) is 18.1 Å². The molecule has 0 bridgehead atoms. The van der Waals surface area contributed by atoms with Gasteiger partial charge in [0.15, 0.2) is 5.82 Å². The summed E-state index contributed by atoms with van der Waals surface area (Å²) in [5.74, 6) is 1.17. The summed E-state index contributed by atoms with van der Waals surface area (Å²) in [5.41, 5.74) is 1.12. The van der Waals surface area contributed by atoms with Crippen LogP contribution in [0.1, 0.15) is 37.0 Å². The summed E-state index contributed by atoms with van der Waals surface area (Å²) in [7, 11) is 1.85. The van der Waals surface area contributed by atoms with Crippen LogP contribution < -0.4 is 5.32 Å². The Bertz CT molecular complexity index is 749. The molecule has 1 heterocycles. The third-order valence-corrected chi connectivity index (χ3v) is 4.97. The maximum atomic E-state index is 12.7. The number of nitrogens with zero attached hydrogens (tertiary/aromatic N) is 2. The Kier molecular flexibility index (Phi) is 5.71. The van der Waals surface area contributed by atoms with Crippen molar-refractivity contribution in [1.82, 2.24) is 10.1 Å². The third-order valence-electron chi connectivity index (χ3n) is 4.97. The maximum Gasteiger partial charge on any atom is 0.228 e. The second-order valence-electron chi connectivity index (χ2n) is 7.04. The highest BCUT2D eigenvalue weighted by molar-refractivity contribution is 5.91. The van der Waals surface area contributed by atoms with E-state index in [0.717, 1.165) is 31.2 Å². The predicted octanol–water partition coefficient (Wildman–Crippen LogP) is 3.39. The molecule has 0 unspecified atom stereocenters. The first kappa shape index (κ1) is 18.2. The summed E-state index contributed by atoms with van der Waals surface area (Å²) in [6.45, 7) is 2.40. The van der Waals surface area contributed by atoms with Gasteiger partial charge in [0.05, 0.1) is 0 Å². The molecule has 1 aromatic carbocycles. The number of aromatic nitrogens is 1. The summed E-state index contributed by atoms with van der Waals surface area (Å²) in [6, 6.07) is 11.7. The van der Waals surface area contributed by atoms with Crippen LogP contribution in [0.25, 0.3) is 0 Å². The van der Waals surface area contributed by atoms with Crippen LogP contribution in [-0.2, 0) is 16.1 Å². The highest BCUT2D eigenvalue weighted by Crippen LogP contribution is 2.31. The smallest absolute Gasteiger partial charge is 0.228 e. The number of carbonyl (C=O) groups excluding carboxylic acids is 2. The fourth-order valence-electron chi connectivity index (χ4n) is 3.50. The van der Waals surface area contributed by atoms with Gasteiger partial charge >= 0.3 is 0 Å². The average Bonchev–Trinajstić information content (AvgIpc) is 3.06. The molecule has 6 heteroatoms. The van der Waals surface area contributed by atoms with Crippen molar-refractivity contribution in [3.8, 4) is 0 Å². The van der Waals surface area contributed by atoms with Crippen molar-refractivity contribution in [1.29, 1.82) is 0 Å². The van der Waals surface area contributed by atoms with Gasteiger partial charge in [0, 0.05) is 31.5 Å². The number of anilines is 1. The van der Waals surface area contributed by atoms with Crippen molar-refractivity contribution in [2.75, 3.05) is 12.4 Å². The first-order chi connectivity index (χ1) is 12.5. The third kappa shape index (κ3) is 4.50. The lowest BCUT2D eigenvalue weighted by molar-refractivity contribution is -0.137. The summed E-state index contributed by atoms with van der Waals surface area (Å²) < 4.78 is 4.96. The van der Waals surface area contributed by atoms with Crippen LogP contribution in [0.2, 0.25) is 0 Å². The van der Waals surface area contributed by atoms with E-state index in [2.05, 4.69) is 10.5 Å². The Labute approximate surface area is 153 Å². The summed E-state index contributed by atoms with van der Waals surface area (Å²) >= 11 is 0. The molecule has 0 spiro atoms. The monoisotopic (exact) mass is 355 g/mol. The lowest BCUT2D eigenvalue weighted by atomic mass is 9.81. The number of carbonyl (C=O) groups is 2. The minimum Gasteiger partial charge on any atom is -0.360 e. The number of nitrogens with one attached hydrogen (secondary N) is 1. The van der Waals surface area contributed by atoms with Crippen LogP contribution in [0.4, 0.5) is 5.82 Å². The quantitative estimate of drug-likeness (QED) is 0.892. The zero-order valence-electron chi connectivity index (χ0n) is 15.3. The van der Waals surface area contributed by atoms with Gasteiger partial charge in [0.2, 0.25) is 11.8 Å². The molecule has 6 nitrogen and oxygen atoms in total. The second kappa shape index (κ2) is 8.17. The number of amides is 2. The molecule has 0 radical (unpaired) electrons. The van der Waals surface area contributed by atoms with Gasteiger partial charge in [0.1, 0.15) is 5.76 Å². The van der Waals surface area contributed by atoms with Gasteiger partial charge in [0.25, 0.3) is 0 Å². The second-order valence-corrected chi connectivity index (χ2v) is 7.04. The van der Waals surface area contributed by atoms with Gasteiger partial charge in [-0.2, -0.15) is 0 Å². The van der Waals surface area contributed by atoms with Crippen LogP contribution in [0, 0.1) is 18.8 Å². The van der Waals surface area contributed by atoms with Gasteiger partial charge in [-0.15, -0.1) is 0 Å². The molecule has 1 fully saturated rings. The van der Waals surface area contributed by atoms with Crippen molar-refractivity contribution < 1.29 is 14.1 Å². The number of aryl methyl sites for hydroxylation is 1. The van der Waals surface area contributed by atoms with Gasteiger partial charge in [-0.1, -0.05) is 35.5 Å². The van der Waals surface area contributed by atoms with Crippen LogP contribution in [0.3, 0.4) is 0 Å². The molecule has 26 heavy (non-hydrogen) atoms. The molecule has 1 saturated carbocycles. The van der Waals surface area contributed by atoms with Crippen LogP contribution in [0.5, 0.6) is 0 Å². The molecule has 1 aliphatic carbocycles. The molecule has 138 valence electrons. The van der Waals surface area contributed by atoms with E-state index in [9.17, 15) is 9.59 Å². The van der Waals surface area contributed by atoms with Crippen molar-refractivity contribution in [3.63, 3.8) is 0 Å². The van der Waals surface area contributed by atoms with Crippen molar-refractivity contribution >= 4 is 17.6 Å². The summed E-state index contributed by atoms with van der Waals surface area (Å²) in [5, 5.41) is 6.58. The Balaban J connectivity index is 1.48. The van der Waals surface area contributed by atoms with Crippen molar-refractivity contribution in [2.24, 2.45) is 11.8 Å². The molecule has 2 aromatic rings. The highest BCUT2D eigenvalue weighted by atomic mass is 16.5. The van der Waals surface area contributed by atoms with Crippen molar-refractivity contribution in [3.05, 3.63) is 47.7 Å². The first-order valence-electron chi connectivity index (χ1n) is 9.06. The van der Waals surface area contributed by atoms with Crippen molar-refractivity contribution in [2.45, 2.75) is 39.2 Å². The molecular weight excluding hydrogens is 330 g/mol. The molecule has 1 aliphatic rings. The Morgan fingerprint density at radius 3 is 2.42 bits per heavy atom. The van der Waals surface area contributed by atoms with Gasteiger partial charge in [-0.3, -0.25) is 9.59 Å². The largest absolute Gasteiger partial charge is 0.360 e. The highest BCUT2D eigenvalue weighted by Gasteiger charge is 2.31. The number of rotatable bonds is 5. The van der Waals surface area contributed by atoms with E-state index in [-0.39, 0.29) is 23.7 Å². The van der Waals surface area contributed by atoms with Gasteiger partial charge in [-0.25, -0.2) is 0 Å². The molecule has 0 saturated heterocycles. The fourth-order valence-corrected chi connectivity index (χ4v) is 3.50. The van der Waals surface area contributed by atoms with E-state index in [4.69, 9.17) is 4.52 Å². The molecule has 1 aromatic heterocycles. The summed E-state index contributed by atoms with van der Waals surface area (Å²) in [4.78, 5) is 26.8. The van der Waals surface area contributed by atoms with E-state index >= 15 is 0 Å². The van der Waals surface area contributed by atoms with E-state index in [1.165, 1.54) is 0 Å². The average molecular weight is 355 g/mol. The van der Waals surface area contributed by atoms with E-state index < -0.39 is 0 Å². The zero-order chi connectivity index (χ0) is 18.5. The fraction of sp³-hybridized carbons (Fsp3) is 0.450. The minimum absolute atomic E-state index is 0.00190. The number of hydrogen-bond donors (Lipinski definition) is 1. The molecule has 1 N–H and O–H groups in total. The molecule has 2 amide bonds. The first-order valence-corrected chi connectivity index (χ1v) is 9.06. The maximum absolute atomic E-state index is 12.7.